The fourth-order valence-corrected chi connectivity index (χ4v) is 6.21. The molecule has 5 atom stereocenters. The van der Waals surface area contributed by atoms with Crippen molar-refractivity contribution in [1.29, 1.82) is 0 Å². The van der Waals surface area contributed by atoms with Gasteiger partial charge in [0.2, 0.25) is 11.8 Å². The van der Waals surface area contributed by atoms with Crippen LogP contribution in [0.2, 0.25) is 0 Å². The Hall–Kier alpha value is -4.18. The highest BCUT2D eigenvalue weighted by molar-refractivity contribution is 6.31. The molecule has 3 aliphatic carbocycles. The average Bonchev–Trinajstić information content (AvgIpc) is 2.81. The molecule has 2 unspecified atom stereocenters. The van der Waals surface area contributed by atoms with Crippen LogP contribution in [0.1, 0.15) is 35.7 Å². The first-order valence-corrected chi connectivity index (χ1v) is 11.8. The lowest BCUT2D eigenvalue weighted by Gasteiger charge is -2.48. The molecule has 2 amide bonds. The van der Waals surface area contributed by atoms with Crippen molar-refractivity contribution in [3.8, 4) is 16.9 Å². The van der Waals surface area contributed by atoms with Crippen LogP contribution < -0.4 is 11.1 Å². The van der Waals surface area contributed by atoms with Crippen LogP contribution in [0.15, 0.2) is 36.4 Å². The number of aliphatic hydroxyl groups is 1. The van der Waals surface area contributed by atoms with Gasteiger partial charge in [-0.2, -0.15) is 0 Å². The normalized spacial score (nSPS) is 28.7. The maximum absolute atomic E-state index is 13.7. The molecule has 37 heavy (non-hydrogen) atoms. The van der Waals surface area contributed by atoms with Crippen LogP contribution >= 0.6 is 0 Å². The fraction of sp³-hybridized carbons (Fsp3) is 0.333. The summed E-state index contributed by atoms with van der Waals surface area (Å²) in [6.07, 6.45) is -0.209. The topological polar surface area (TPSA) is 181 Å². The molecule has 0 heterocycles. The minimum absolute atomic E-state index is 0.0159. The van der Waals surface area contributed by atoms with E-state index in [1.165, 1.54) is 13.0 Å². The summed E-state index contributed by atoms with van der Waals surface area (Å²) >= 11 is 0. The fourth-order valence-electron chi connectivity index (χ4n) is 6.21. The number of benzene rings is 2. The van der Waals surface area contributed by atoms with Crippen LogP contribution in [0.25, 0.3) is 11.1 Å². The Kier molecular flexibility index (Phi) is 5.60. The second-order valence-corrected chi connectivity index (χ2v) is 9.99. The van der Waals surface area contributed by atoms with E-state index in [0.717, 1.165) is 0 Å². The molecule has 0 saturated heterocycles. The number of anilines is 1. The molecule has 190 valence electrons. The maximum atomic E-state index is 13.7. The van der Waals surface area contributed by atoms with Gasteiger partial charge >= 0.3 is 0 Å². The minimum atomic E-state index is -2.68. The number of aromatic hydroxyl groups is 1. The zero-order chi connectivity index (χ0) is 26.8. The highest BCUT2D eigenvalue weighted by atomic mass is 16.3. The van der Waals surface area contributed by atoms with E-state index in [0.29, 0.717) is 22.4 Å². The Morgan fingerprint density at radius 3 is 2.46 bits per heavy atom. The minimum Gasteiger partial charge on any atom is -0.507 e. The van der Waals surface area contributed by atoms with Gasteiger partial charge in [-0.25, -0.2) is 0 Å². The first-order chi connectivity index (χ1) is 17.4. The molecule has 0 spiro atoms. The lowest BCUT2D eigenvalue weighted by atomic mass is 9.53. The number of hydrogen-bond acceptors (Lipinski definition) is 8. The van der Waals surface area contributed by atoms with Gasteiger partial charge < -0.3 is 21.3 Å². The highest BCUT2D eigenvalue weighted by Gasteiger charge is 2.66. The van der Waals surface area contributed by atoms with Crippen molar-refractivity contribution in [1.82, 2.24) is 0 Å². The smallest absolute Gasteiger partial charge is 0.235 e. The van der Waals surface area contributed by atoms with Crippen LogP contribution in [0, 0.1) is 23.7 Å². The van der Waals surface area contributed by atoms with Gasteiger partial charge in [0.05, 0.1) is 11.5 Å². The molecule has 10 nitrogen and oxygen atoms in total. The van der Waals surface area contributed by atoms with Crippen molar-refractivity contribution in [2.45, 2.75) is 31.8 Å². The molecule has 3 aliphatic rings. The van der Waals surface area contributed by atoms with Crippen LogP contribution in [0.3, 0.4) is 0 Å². The number of phenolic OH excluding ortho intramolecular Hbond substituents is 1. The summed E-state index contributed by atoms with van der Waals surface area (Å²) in [5, 5.41) is 24.6. The second kappa shape index (κ2) is 8.45. The predicted octanol–water partition coefficient (Wildman–Crippen LogP) is 0.952. The molecule has 2 aromatic carbocycles. The molecule has 0 bridgehead atoms. The van der Waals surface area contributed by atoms with Gasteiger partial charge in [-0.3, -0.25) is 28.8 Å². The van der Waals surface area contributed by atoms with E-state index in [9.17, 15) is 39.0 Å². The van der Waals surface area contributed by atoms with Crippen LogP contribution in [0.5, 0.6) is 5.75 Å². The van der Waals surface area contributed by atoms with Gasteiger partial charge in [-0.05, 0) is 53.6 Å². The summed E-state index contributed by atoms with van der Waals surface area (Å²) in [7, 11) is 0. The molecule has 0 aliphatic heterocycles. The molecule has 5 N–H and O–H groups in total. The number of nitrogens with one attached hydrogen (secondary N) is 1. The molecular formula is C27H24N2O8. The maximum Gasteiger partial charge on any atom is 0.235 e. The Morgan fingerprint density at radius 2 is 1.78 bits per heavy atom. The zero-order valence-electron chi connectivity index (χ0n) is 19.8. The summed E-state index contributed by atoms with van der Waals surface area (Å²) in [6.45, 7) is 1.38. The average molecular weight is 504 g/mol. The molecule has 2 fully saturated rings. The standard InChI is InChI=1S/C27H24N2O8/c1-11(30)29-15-4-2-3-12(8-15)16-5-6-18(31)21-17(16)9-13-7-14-10-19(32)22(26(28)36)25(35)27(14,37)24(34)20(13)23(21)33/h2-6,8,13-14,20,22,31,37H,7,9-10H2,1H3,(H2,28,36)(H,29,30)/t13-,14+,20?,22?,27+/m1/s1. The summed E-state index contributed by atoms with van der Waals surface area (Å²) in [5.74, 6) is -10.8. The number of nitrogens with two attached hydrogens (primary N) is 1. The summed E-state index contributed by atoms with van der Waals surface area (Å²) < 4.78 is 0. The summed E-state index contributed by atoms with van der Waals surface area (Å²) in [5.41, 5.74) is 4.75. The van der Waals surface area contributed by atoms with Crippen LogP contribution in [0.4, 0.5) is 5.69 Å². The van der Waals surface area contributed by atoms with Gasteiger partial charge in [-0.15, -0.1) is 0 Å². The number of primary amides is 1. The monoisotopic (exact) mass is 504 g/mol. The van der Waals surface area contributed by atoms with Crippen LogP contribution in [-0.2, 0) is 30.4 Å². The Morgan fingerprint density at radius 1 is 1.05 bits per heavy atom. The van der Waals surface area contributed by atoms with Crippen molar-refractivity contribution in [3.63, 3.8) is 0 Å². The summed E-state index contributed by atoms with van der Waals surface area (Å²) in [6, 6.07) is 9.90. The highest BCUT2D eigenvalue weighted by Crippen LogP contribution is 2.51. The van der Waals surface area contributed by atoms with E-state index in [1.807, 2.05) is 0 Å². The van der Waals surface area contributed by atoms with E-state index in [2.05, 4.69) is 5.32 Å². The lowest BCUT2D eigenvalue weighted by molar-refractivity contribution is -0.175. The van der Waals surface area contributed by atoms with E-state index in [-0.39, 0.29) is 30.1 Å². The predicted molar refractivity (Wildman–Crippen MR) is 128 cm³/mol. The van der Waals surface area contributed by atoms with Crippen molar-refractivity contribution < 1.29 is 39.0 Å². The number of rotatable bonds is 3. The van der Waals surface area contributed by atoms with Gasteiger partial charge in [0.25, 0.3) is 0 Å². The zero-order valence-corrected chi connectivity index (χ0v) is 19.8. The lowest BCUT2D eigenvalue weighted by Crippen LogP contribution is -2.68. The van der Waals surface area contributed by atoms with Gasteiger partial charge in [0, 0.05) is 24.9 Å². The van der Waals surface area contributed by atoms with E-state index in [4.69, 9.17) is 5.73 Å². The molecule has 0 aromatic heterocycles. The third kappa shape index (κ3) is 3.59. The van der Waals surface area contributed by atoms with Gasteiger partial charge in [0.15, 0.2) is 34.7 Å². The second-order valence-electron chi connectivity index (χ2n) is 9.99. The van der Waals surface area contributed by atoms with Crippen LogP contribution in [-0.4, -0.2) is 50.8 Å². The first-order valence-electron chi connectivity index (χ1n) is 11.8. The molecule has 0 radical (unpaired) electrons. The molecule has 2 saturated carbocycles. The van der Waals surface area contributed by atoms with E-state index in [1.54, 1.807) is 30.3 Å². The number of ketones is 4. The molecular weight excluding hydrogens is 480 g/mol. The number of carbonyl (C=O) groups is 6. The largest absolute Gasteiger partial charge is 0.507 e. The Labute approximate surface area is 210 Å². The summed E-state index contributed by atoms with van der Waals surface area (Å²) in [4.78, 5) is 76.0. The quantitative estimate of drug-likeness (QED) is 0.446. The Bertz CT molecular complexity index is 1430. The third-order valence-corrected chi connectivity index (χ3v) is 7.78. The number of fused-ring (bicyclic) bond motifs is 3. The van der Waals surface area contributed by atoms with Crippen molar-refractivity contribution in [2.24, 2.45) is 29.4 Å². The number of hydrogen-bond donors (Lipinski definition) is 4. The Balaban J connectivity index is 1.59. The molecule has 2 aromatic rings. The molecule has 10 heteroatoms. The van der Waals surface area contributed by atoms with Crippen molar-refractivity contribution in [3.05, 3.63) is 47.5 Å². The number of carbonyl (C=O) groups excluding carboxylic acids is 6. The number of phenols is 1. The molecule has 5 rings (SSSR count). The van der Waals surface area contributed by atoms with Crippen molar-refractivity contribution in [2.75, 3.05) is 5.32 Å². The van der Waals surface area contributed by atoms with E-state index >= 15 is 0 Å². The number of amides is 2. The third-order valence-electron chi connectivity index (χ3n) is 7.78. The van der Waals surface area contributed by atoms with E-state index < -0.39 is 64.7 Å². The number of Topliss-reactive ketones (excluding diaryl/α,β-unsaturated/α-hetero) is 4. The van der Waals surface area contributed by atoms with Crippen molar-refractivity contribution >= 4 is 40.6 Å². The van der Waals surface area contributed by atoms with Gasteiger partial charge in [0.1, 0.15) is 5.75 Å². The first kappa shape index (κ1) is 24.5. The SMILES string of the molecule is CC(=O)Nc1cccc(-c2ccc(O)c3c2C[C@H]2C[C@H]4CC(=O)C(C(N)=O)C(=O)[C@@]4(O)C(=O)C2C3=O)c1. The van der Waals surface area contributed by atoms with Gasteiger partial charge in [-0.1, -0.05) is 18.2 Å².